The van der Waals surface area contributed by atoms with Crippen LogP contribution in [0.3, 0.4) is 0 Å². The van der Waals surface area contributed by atoms with Crippen molar-refractivity contribution in [2.24, 2.45) is 5.92 Å². The standard InChI is InChI=1S/C11H20N2O4/c1-2-8(5-7-3-4-7)12-11(17)13-9(6-14)10(15)16/h7-9,14H,2-6H2,1H3,(H,15,16)(H2,12,13,17)/t8?,9-/m0/s1. The molecular weight excluding hydrogens is 224 g/mol. The Morgan fingerprint density at radius 2 is 2.00 bits per heavy atom. The molecule has 2 atom stereocenters. The van der Waals surface area contributed by atoms with Crippen molar-refractivity contribution in [3.05, 3.63) is 0 Å². The van der Waals surface area contributed by atoms with Gasteiger partial charge in [-0.05, 0) is 18.8 Å². The Morgan fingerprint density at radius 3 is 2.41 bits per heavy atom. The Bertz CT molecular complexity index is 279. The van der Waals surface area contributed by atoms with Gasteiger partial charge in [0.15, 0.2) is 6.04 Å². The van der Waals surface area contributed by atoms with Crippen molar-refractivity contribution >= 4 is 12.0 Å². The molecular formula is C11H20N2O4. The van der Waals surface area contributed by atoms with E-state index in [1.54, 1.807) is 0 Å². The first kappa shape index (κ1) is 13.8. The van der Waals surface area contributed by atoms with Crippen LogP contribution < -0.4 is 10.6 Å². The minimum Gasteiger partial charge on any atom is -0.480 e. The highest BCUT2D eigenvalue weighted by Crippen LogP contribution is 2.33. The van der Waals surface area contributed by atoms with Gasteiger partial charge in [-0.2, -0.15) is 0 Å². The van der Waals surface area contributed by atoms with Crippen molar-refractivity contribution < 1.29 is 19.8 Å². The largest absolute Gasteiger partial charge is 0.480 e. The Labute approximate surface area is 100 Å². The molecule has 2 amide bonds. The number of carbonyl (C=O) groups excluding carboxylic acids is 1. The normalized spacial score (nSPS) is 18.2. The smallest absolute Gasteiger partial charge is 0.328 e. The molecule has 0 aromatic rings. The van der Waals surface area contributed by atoms with Crippen LogP contribution >= 0.6 is 0 Å². The summed E-state index contributed by atoms with van der Waals surface area (Å²) in [6, 6.07) is -1.69. The van der Waals surface area contributed by atoms with Crippen molar-refractivity contribution in [3.8, 4) is 0 Å². The molecule has 4 N–H and O–H groups in total. The van der Waals surface area contributed by atoms with Crippen LogP contribution in [0.5, 0.6) is 0 Å². The zero-order valence-electron chi connectivity index (χ0n) is 9.98. The fraction of sp³-hybridized carbons (Fsp3) is 0.818. The summed E-state index contributed by atoms with van der Waals surface area (Å²) in [5.41, 5.74) is 0. The summed E-state index contributed by atoms with van der Waals surface area (Å²) in [6.07, 6.45) is 4.20. The molecule has 0 aromatic carbocycles. The molecule has 1 fully saturated rings. The van der Waals surface area contributed by atoms with Gasteiger partial charge in [-0.15, -0.1) is 0 Å². The van der Waals surface area contributed by atoms with E-state index in [0.29, 0.717) is 5.92 Å². The number of nitrogens with one attached hydrogen (secondary N) is 2. The molecule has 0 heterocycles. The lowest BCUT2D eigenvalue weighted by molar-refractivity contribution is -0.140. The number of carboxylic acids is 1. The van der Waals surface area contributed by atoms with E-state index in [1.165, 1.54) is 12.8 Å². The van der Waals surface area contributed by atoms with Gasteiger partial charge in [-0.3, -0.25) is 0 Å². The molecule has 17 heavy (non-hydrogen) atoms. The third kappa shape index (κ3) is 5.04. The highest BCUT2D eigenvalue weighted by atomic mass is 16.4. The summed E-state index contributed by atoms with van der Waals surface area (Å²) in [5.74, 6) is -0.536. The zero-order chi connectivity index (χ0) is 12.8. The Morgan fingerprint density at radius 1 is 1.35 bits per heavy atom. The first-order valence-electron chi connectivity index (χ1n) is 5.97. The molecule has 0 radical (unpaired) electrons. The zero-order valence-corrected chi connectivity index (χ0v) is 9.98. The van der Waals surface area contributed by atoms with E-state index >= 15 is 0 Å². The van der Waals surface area contributed by atoms with Gasteiger partial charge in [0.1, 0.15) is 0 Å². The quantitative estimate of drug-likeness (QED) is 0.518. The monoisotopic (exact) mass is 244 g/mol. The predicted molar refractivity (Wildman–Crippen MR) is 61.6 cm³/mol. The van der Waals surface area contributed by atoms with Crippen LogP contribution in [0.1, 0.15) is 32.6 Å². The van der Waals surface area contributed by atoms with Gasteiger partial charge in [0.2, 0.25) is 0 Å². The van der Waals surface area contributed by atoms with Gasteiger partial charge in [0, 0.05) is 6.04 Å². The average Bonchev–Trinajstić information content (AvgIpc) is 3.08. The van der Waals surface area contributed by atoms with Gasteiger partial charge >= 0.3 is 12.0 Å². The van der Waals surface area contributed by atoms with Gasteiger partial charge in [-0.1, -0.05) is 19.8 Å². The van der Waals surface area contributed by atoms with Crippen molar-refractivity contribution in [2.45, 2.75) is 44.7 Å². The van der Waals surface area contributed by atoms with E-state index in [0.717, 1.165) is 12.8 Å². The number of amides is 2. The summed E-state index contributed by atoms with van der Waals surface area (Å²) in [5, 5.41) is 22.4. The Kier molecular flexibility index (Phi) is 5.21. The predicted octanol–water partition coefficient (Wildman–Crippen LogP) is 0.310. The molecule has 0 aromatic heterocycles. The molecule has 1 rings (SSSR count). The third-order valence-corrected chi connectivity index (χ3v) is 2.93. The van der Waals surface area contributed by atoms with E-state index in [-0.39, 0.29) is 6.04 Å². The molecule has 0 aliphatic heterocycles. The topological polar surface area (TPSA) is 98.7 Å². The van der Waals surface area contributed by atoms with Gasteiger partial charge < -0.3 is 20.8 Å². The van der Waals surface area contributed by atoms with Crippen LogP contribution in [-0.4, -0.2) is 40.9 Å². The molecule has 0 bridgehead atoms. The van der Waals surface area contributed by atoms with Gasteiger partial charge in [0.05, 0.1) is 6.61 Å². The fourth-order valence-electron chi connectivity index (χ4n) is 1.65. The maximum absolute atomic E-state index is 11.5. The lowest BCUT2D eigenvalue weighted by Gasteiger charge is -2.19. The second kappa shape index (κ2) is 6.44. The fourth-order valence-corrected chi connectivity index (χ4v) is 1.65. The number of urea groups is 1. The van der Waals surface area contributed by atoms with E-state index in [9.17, 15) is 9.59 Å². The second-order valence-corrected chi connectivity index (χ2v) is 4.48. The number of aliphatic hydroxyl groups is 1. The number of aliphatic hydroxyl groups excluding tert-OH is 1. The molecule has 1 unspecified atom stereocenters. The van der Waals surface area contributed by atoms with Gasteiger partial charge in [0.25, 0.3) is 0 Å². The van der Waals surface area contributed by atoms with Crippen LogP contribution in [0.2, 0.25) is 0 Å². The van der Waals surface area contributed by atoms with Crippen LogP contribution in [0.25, 0.3) is 0 Å². The van der Waals surface area contributed by atoms with Crippen LogP contribution in [0.15, 0.2) is 0 Å². The lowest BCUT2D eigenvalue weighted by atomic mass is 10.1. The SMILES string of the molecule is CCC(CC1CC1)NC(=O)N[C@@H](CO)C(=O)O. The van der Waals surface area contributed by atoms with Crippen LogP contribution in [-0.2, 0) is 4.79 Å². The van der Waals surface area contributed by atoms with E-state index in [4.69, 9.17) is 10.2 Å². The van der Waals surface area contributed by atoms with Crippen molar-refractivity contribution in [1.82, 2.24) is 10.6 Å². The number of carbonyl (C=O) groups is 2. The molecule has 6 nitrogen and oxygen atoms in total. The minimum atomic E-state index is -1.24. The Hall–Kier alpha value is -1.30. The number of aliphatic carboxylic acids is 1. The molecule has 0 spiro atoms. The summed E-state index contributed by atoms with van der Waals surface area (Å²) in [4.78, 5) is 22.1. The Balaban J connectivity index is 2.32. The summed E-state index contributed by atoms with van der Waals surface area (Å²) in [7, 11) is 0. The average molecular weight is 244 g/mol. The highest BCUT2D eigenvalue weighted by molar-refractivity contribution is 5.82. The molecule has 98 valence electrons. The second-order valence-electron chi connectivity index (χ2n) is 4.48. The van der Waals surface area contributed by atoms with E-state index in [1.807, 2.05) is 6.92 Å². The van der Waals surface area contributed by atoms with Gasteiger partial charge in [-0.25, -0.2) is 9.59 Å². The number of hydrogen-bond acceptors (Lipinski definition) is 3. The molecule has 1 aliphatic rings. The summed E-state index contributed by atoms with van der Waals surface area (Å²) in [6.45, 7) is 1.37. The molecule has 1 saturated carbocycles. The highest BCUT2D eigenvalue weighted by Gasteiger charge is 2.26. The maximum atomic E-state index is 11.5. The number of carboxylic acid groups (broad SMARTS) is 1. The third-order valence-electron chi connectivity index (χ3n) is 2.93. The van der Waals surface area contributed by atoms with Crippen molar-refractivity contribution in [1.29, 1.82) is 0 Å². The molecule has 1 aliphatic carbocycles. The summed E-state index contributed by atoms with van der Waals surface area (Å²) < 4.78 is 0. The molecule has 6 heteroatoms. The van der Waals surface area contributed by atoms with Crippen LogP contribution in [0, 0.1) is 5.92 Å². The first-order valence-corrected chi connectivity index (χ1v) is 5.97. The van der Waals surface area contributed by atoms with Crippen molar-refractivity contribution in [2.75, 3.05) is 6.61 Å². The van der Waals surface area contributed by atoms with E-state index < -0.39 is 24.6 Å². The molecule has 0 saturated heterocycles. The first-order chi connectivity index (χ1) is 8.06. The number of hydrogen-bond donors (Lipinski definition) is 4. The summed E-state index contributed by atoms with van der Waals surface area (Å²) >= 11 is 0. The van der Waals surface area contributed by atoms with E-state index in [2.05, 4.69) is 10.6 Å². The van der Waals surface area contributed by atoms with Crippen LogP contribution in [0.4, 0.5) is 4.79 Å². The minimum absolute atomic E-state index is 0.0793. The van der Waals surface area contributed by atoms with Crippen molar-refractivity contribution in [3.63, 3.8) is 0 Å². The number of rotatable bonds is 7. The maximum Gasteiger partial charge on any atom is 0.328 e. The lowest BCUT2D eigenvalue weighted by Crippen LogP contribution is -2.50.